The molecule has 0 N–H and O–H groups in total. The van der Waals surface area contributed by atoms with E-state index in [1.54, 1.807) is 6.20 Å². The van der Waals surface area contributed by atoms with Crippen LogP contribution in [0.5, 0.6) is 0 Å². The van der Waals surface area contributed by atoms with Gasteiger partial charge in [-0.25, -0.2) is 19.9 Å². The first kappa shape index (κ1) is 33.9. The van der Waals surface area contributed by atoms with Crippen molar-refractivity contribution in [3.8, 4) is 62.1 Å². The van der Waals surface area contributed by atoms with Crippen LogP contribution in [0.2, 0.25) is 0 Å². The zero-order valence-corrected chi connectivity index (χ0v) is 32.2. The lowest BCUT2D eigenvalue weighted by atomic mass is 9.99. The molecule has 280 valence electrons. The van der Waals surface area contributed by atoms with Gasteiger partial charge in [0.05, 0.1) is 11.0 Å². The maximum absolute atomic E-state index is 6.17. The summed E-state index contributed by atoms with van der Waals surface area (Å²) >= 11 is 0. The number of hydrogen-bond acceptors (Lipinski definition) is 5. The van der Waals surface area contributed by atoms with Crippen LogP contribution in [-0.2, 0) is 0 Å². The third kappa shape index (κ3) is 5.73. The summed E-state index contributed by atoms with van der Waals surface area (Å²) in [4.78, 5) is 19.7. The topological polar surface area (TPSA) is 69.6 Å². The second-order valence-electron chi connectivity index (χ2n) is 15.1. The lowest BCUT2D eigenvalue weighted by molar-refractivity contribution is 0.654. The van der Waals surface area contributed by atoms with Crippen molar-refractivity contribution in [1.29, 1.82) is 0 Å². The fourth-order valence-corrected chi connectivity index (χ4v) is 8.53. The van der Waals surface area contributed by atoms with Crippen LogP contribution in [0.3, 0.4) is 0 Å². The molecule has 0 atom stereocenters. The molecule has 0 fully saturated rings. The highest BCUT2D eigenvalue weighted by Crippen LogP contribution is 2.39. The normalized spacial score (nSPS) is 11.7. The van der Waals surface area contributed by atoms with Crippen LogP contribution in [-0.4, -0.2) is 24.5 Å². The van der Waals surface area contributed by atoms with Crippen molar-refractivity contribution in [1.82, 2.24) is 24.5 Å². The molecule has 12 rings (SSSR count). The molecule has 6 nitrogen and oxygen atoms in total. The Morgan fingerprint density at radius 3 is 1.70 bits per heavy atom. The third-order valence-electron chi connectivity index (χ3n) is 11.5. The minimum absolute atomic E-state index is 0.562. The number of benzene rings is 8. The average Bonchev–Trinajstić information content (AvgIpc) is 3.85. The molecule has 0 aliphatic heterocycles. The van der Waals surface area contributed by atoms with E-state index in [0.717, 1.165) is 49.8 Å². The van der Waals surface area contributed by atoms with Crippen molar-refractivity contribution in [3.05, 3.63) is 200 Å². The molecule has 0 aliphatic rings. The molecular weight excluding hydrogens is 735 g/mol. The van der Waals surface area contributed by atoms with E-state index < -0.39 is 0 Å². The molecule has 4 aromatic heterocycles. The SMILES string of the molecule is c1ccc(-c2ccc(-c3ccc4c(c3)c3cc5ccccc5cc3n4-c3cccc(-c4nc(-c5ccccc5)nc(-c5ccc6c(c5)oc5ncccc56)n4)c3)cc2)cc1. The Morgan fingerprint density at radius 2 is 0.933 bits per heavy atom. The Balaban J connectivity index is 1.01. The highest BCUT2D eigenvalue weighted by atomic mass is 16.3. The van der Waals surface area contributed by atoms with E-state index in [1.807, 2.05) is 54.6 Å². The first-order chi connectivity index (χ1) is 29.7. The average molecular weight is 768 g/mol. The second kappa shape index (κ2) is 13.7. The summed E-state index contributed by atoms with van der Waals surface area (Å²) in [7, 11) is 0. The third-order valence-corrected chi connectivity index (χ3v) is 11.5. The molecule has 0 spiro atoms. The van der Waals surface area contributed by atoms with Gasteiger partial charge in [0.15, 0.2) is 17.5 Å². The van der Waals surface area contributed by atoms with Crippen molar-refractivity contribution in [2.45, 2.75) is 0 Å². The van der Waals surface area contributed by atoms with Crippen LogP contribution < -0.4 is 0 Å². The maximum Gasteiger partial charge on any atom is 0.227 e. The van der Waals surface area contributed by atoms with Gasteiger partial charge in [0.1, 0.15) is 5.58 Å². The second-order valence-corrected chi connectivity index (χ2v) is 15.1. The van der Waals surface area contributed by atoms with Gasteiger partial charge in [-0.05, 0) is 93.7 Å². The van der Waals surface area contributed by atoms with E-state index >= 15 is 0 Å². The predicted octanol–water partition coefficient (Wildman–Crippen LogP) is 13.8. The molecule has 60 heavy (non-hydrogen) atoms. The van der Waals surface area contributed by atoms with Gasteiger partial charge in [0, 0.05) is 50.1 Å². The number of nitrogens with zero attached hydrogens (tertiary/aromatic N) is 5. The highest BCUT2D eigenvalue weighted by Gasteiger charge is 2.18. The summed E-state index contributed by atoms with van der Waals surface area (Å²) in [6.07, 6.45) is 1.75. The van der Waals surface area contributed by atoms with Gasteiger partial charge in [0.25, 0.3) is 0 Å². The van der Waals surface area contributed by atoms with E-state index in [1.165, 1.54) is 43.8 Å². The molecule has 4 heterocycles. The molecule has 0 saturated carbocycles. The molecule has 0 saturated heterocycles. The summed E-state index contributed by atoms with van der Waals surface area (Å²) in [5.74, 6) is 1.74. The summed E-state index contributed by atoms with van der Waals surface area (Å²) in [5.41, 5.74) is 12.0. The standard InChI is InChI=1S/C54H33N5O/c1-3-11-34(12-4-1)35-20-22-36(23-21-35)40-25-27-48-46(31-40)47-30-38-15-7-8-16-39(38)32-49(47)59(48)43-18-9-17-41(29-43)52-56-51(37-13-5-2-6-14-37)57-53(58-52)42-24-26-44-45-19-10-28-55-54(45)60-50(44)33-42/h1-33H. The molecule has 12 aromatic rings. The molecule has 0 radical (unpaired) electrons. The molecule has 8 aromatic carbocycles. The summed E-state index contributed by atoms with van der Waals surface area (Å²) in [5, 5.41) is 6.76. The van der Waals surface area contributed by atoms with E-state index in [9.17, 15) is 0 Å². The number of furan rings is 1. The zero-order chi connectivity index (χ0) is 39.6. The molecule has 0 aliphatic carbocycles. The van der Waals surface area contributed by atoms with Gasteiger partial charge in [-0.15, -0.1) is 0 Å². The van der Waals surface area contributed by atoms with Crippen LogP contribution in [0.1, 0.15) is 0 Å². The predicted molar refractivity (Wildman–Crippen MR) is 244 cm³/mol. The number of pyridine rings is 1. The van der Waals surface area contributed by atoms with Crippen molar-refractivity contribution >= 4 is 54.6 Å². The lowest BCUT2D eigenvalue weighted by Crippen LogP contribution is -2.01. The molecule has 6 heteroatoms. The monoisotopic (exact) mass is 767 g/mol. The minimum atomic E-state index is 0.562. The summed E-state index contributed by atoms with van der Waals surface area (Å²) in [6.45, 7) is 0. The number of aromatic nitrogens is 5. The van der Waals surface area contributed by atoms with Crippen molar-refractivity contribution < 1.29 is 4.42 Å². The Bertz CT molecular complexity index is 3590. The Kier molecular flexibility index (Phi) is 7.74. The summed E-state index contributed by atoms with van der Waals surface area (Å²) in [6, 6.07) is 68.1. The molecule has 0 unspecified atom stereocenters. The van der Waals surface area contributed by atoms with E-state index in [0.29, 0.717) is 23.2 Å². The number of hydrogen-bond donors (Lipinski definition) is 0. The minimum Gasteiger partial charge on any atom is -0.438 e. The van der Waals surface area contributed by atoms with Gasteiger partial charge >= 0.3 is 0 Å². The molecular formula is C54H33N5O. The first-order valence-corrected chi connectivity index (χ1v) is 20.0. The number of fused-ring (bicyclic) bond motifs is 7. The van der Waals surface area contributed by atoms with Gasteiger partial charge in [-0.3, -0.25) is 0 Å². The van der Waals surface area contributed by atoms with E-state index in [-0.39, 0.29) is 0 Å². The Hall–Kier alpha value is -8.22. The van der Waals surface area contributed by atoms with Gasteiger partial charge in [0.2, 0.25) is 5.71 Å². The van der Waals surface area contributed by atoms with Crippen LogP contribution in [0.15, 0.2) is 205 Å². The zero-order valence-electron chi connectivity index (χ0n) is 32.2. The fourth-order valence-electron chi connectivity index (χ4n) is 8.53. The highest BCUT2D eigenvalue weighted by molar-refractivity contribution is 6.14. The maximum atomic E-state index is 6.17. The lowest BCUT2D eigenvalue weighted by Gasteiger charge is -2.12. The first-order valence-electron chi connectivity index (χ1n) is 20.0. The van der Waals surface area contributed by atoms with Gasteiger partial charge < -0.3 is 8.98 Å². The fraction of sp³-hybridized carbons (Fsp3) is 0. The van der Waals surface area contributed by atoms with Crippen LogP contribution in [0, 0.1) is 0 Å². The van der Waals surface area contributed by atoms with Crippen LogP contribution in [0.4, 0.5) is 0 Å². The Labute approximate surface area is 344 Å². The van der Waals surface area contributed by atoms with E-state index in [4.69, 9.17) is 19.4 Å². The van der Waals surface area contributed by atoms with Gasteiger partial charge in [-0.1, -0.05) is 133 Å². The van der Waals surface area contributed by atoms with Crippen molar-refractivity contribution in [2.75, 3.05) is 0 Å². The van der Waals surface area contributed by atoms with E-state index in [2.05, 4.69) is 149 Å². The van der Waals surface area contributed by atoms with Crippen LogP contribution >= 0.6 is 0 Å². The molecule has 0 bridgehead atoms. The van der Waals surface area contributed by atoms with Crippen molar-refractivity contribution in [2.24, 2.45) is 0 Å². The van der Waals surface area contributed by atoms with Gasteiger partial charge in [-0.2, -0.15) is 0 Å². The Morgan fingerprint density at radius 1 is 0.350 bits per heavy atom. The molecule has 0 amide bonds. The summed E-state index contributed by atoms with van der Waals surface area (Å²) < 4.78 is 8.53. The van der Waals surface area contributed by atoms with Crippen LogP contribution in [0.25, 0.3) is 117 Å². The van der Waals surface area contributed by atoms with Crippen molar-refractivity contribution in [3.63, 3.8) is 0 Å². The number of rotatable bonds is 6. The largest absolute Gasteiger partial charge is 0.438 e. The smallest absolute Gasteiger partial charge is 0.227 e. The quantitative estimate of drug-likeness (QED) is 0.168.